The lowest BCUT2D eigenvalue weighted by molar-refractivity contribution is 0.0528. The molecule has 2 aromatic carbocycles. The predicted molar refractivity (Wildman–Crippen MR) is 96.0 cm³/mol. The van der Waals surface area contributed by atoms with E-state index in [4.69, 9.17) is 9.47 Å². The molecule has 0 unspecified atom stereocenters. The maximum Gasteiger partial charge on any atom is 0.165 e. The number of ether oxygens (including phenoxy) is 2. The quantitative estimate of drug-likeness (QED) is 0.366. The standard InChI is InChI=1S/C18H19IO3/c1-21-16-9-7-15(8-10-16)18(22-12-11-19)13-17(20)14-5-3-2-4-6-14/h2-10,18H,11-13H2,1H3/t18-/m1/s1. The molecule has 116 valence electrons. The maximum absolute atomic E-state index is 12.4. The van der Waals surface area contributed by atoms with Gasteiger partial charge in [0.15, 0.2) is 5.78 Å². The highest BCUT2D eigenvalue weighted by Gasteiger charge is 2.18. The van der Waals surface area contributed by atoms with Gasteiger partial charge in [-0.25, -0.2) is 0 Å². The zero-order valence-corrected chi connectivity index (χ0v) is 14.7. The third-order valence-electron chi connectivity index (χ3n) is 3.35. The van der Waals surface area contributed by atoms with E-state index in [1.807, 2.05) is 54.6 Å². The van der Waals surface area contributed by atoms with Gasteiger partial charge in [0.1, 0.15) is 5.75 Å². The van der Waals surface area contributed by atoms with Crippen molar-refractivity contribution in [3.05, 3.63) is 65.7 Å². The fraction of sp³-hybridized carbons (Fsp3) is 0.278. The first-order valence-electron chi connectivity index (χ1n) is 7.14. The van der Waals surface area contributed by atoms with E-state index in [1.165, 1.54) is 0 Å². The number of halogens is 1. The van der Waals surface area contributed by atoms with Crippen LogP contribution in [-0.2, 0) is 4.74 Å². The van der Waals surface area contributed by atoms with Crippen molar-refractivity contribution in [1.82, 2.24) is 0 Å². The minimum absolute atomic E-state index is 0.0925. The van der Waals surface area contributed by atoms with Crippen molar-refractivity contribution in [3.8, 4) is 5.75 Å². The van der Waals surface area contributed by atoms with Crippen LogP contribution in [0.15, 0.2) is 54.6 Å². The number of Topliss-reactive ketones (excluding diaryl/α,β-unsaturated/α-hetero) is 1. The molecule has 1 atom stereocenters. The second kappa shape index (κ2) is 8.90. The average Bonchev–Trinajstić information content (AvgIpc) is 2.59. The molecule has 0 bridgehead atoms. The Hall–Kier alpha value is -1.40. The molecule has 2 aromatic rings. The largest absolute Gasteiger partial charge is 0.497 e. The second-order valence-electron chi connectivity index (χ2n) is 4.81. The zero-order chi connectivity index (χ0) is 15.8. The Balaban J connectivity index is 2.13. The van der Waals surface area contributed by atoms with Gasteiger partial charge in [0, 0.05) is 16.4 Å². The predicted octanol–water partition coefficient (Wildman–Crippen LogP) is 4.46. The van der Waals surface area contributed by atoms with E-state index in [1.54, 1.807) is 7.11 Å². The normalized spacial score (nSPS) is 11.9. The second-order valence-corrected chi connectivity index (χ2v) is 5.89. The van der Waals surface area contributed by atoms with Gasteiger partial charge in [-0.2, -0.15) is 0 Å². The SMILES string of the molecule is COc1ccc([C@@H](CC(=O)c2ccccc2)OCCI)cc1. The molecule has 0 saturated heterocycles. The number of hydrogen-bond acceptors (Lipinski definition) is 3. The Morgan fingerprint density at radius 2 is 1.77 bits per heavy atom. The van der Waals surface area contributed by atoms with E-state index in [0.717, 1.165) is 21.3 Å². The molecule has 0 aliphatic carbocycles. The fourth-order valence-corrected chi connectivity index (χ4v) is 2.44. The molecule has 2 rings (SSSR count). The number of ketones is 1. The summed E-state index contributed by atoms with van der Waals surface area (Å²) in [6.07, 6.45) is 0.112. The van der Waals surface area contributed by atoms with Crippen molar-refractivity contribution in [2.75, 3.05) is 18.1 Å². The topological polar surface area (TPSA) is 35.5 Å². The van der Waals surface area contributed by atoms with Gasteiger partial charge in [-0.15, -0.1) is 0 Å². The molecule has 0 N–H and O–H groups in total. The smallest absolute Gasteiger partial charge is 0.165 e. The van der Waals surface area contributed by atoms with Crippen LogP contribution in [0.3, 0.4) is 0 Å². The molecular weight excluding hydrogens is 391 g/mol. The van der Waals surface area contributed by atoms with E-state index >= 15 is 0 Å². The van der Waals surface area contributed by atoms with E-state index in [0.29, 0.717) is 13.0 Å². The molecular formula is C18H19IO3. The van der Waals surface area contributed by atoms with Crippen molar-refractivity contribution < 1.29 is 14.3 Å². The molecule has 0 aromatic heterocycles. The lowest BCUT2D eigenvalue weighted by Crippen LogP contribution is -2.12. The summed E-state index contributed by atoms with van der Waals surface area (Å²) in [4.78, 5) is 12.4. The summed E-state index contributed by atoms with van der Waals surface area (Å²) >= 11 is 2.27. The van der Waals surface area contributed by atoms with Crippen molar-refractivity contribution in [2.45, 2.75) is 12.5 Å². The number of carbonyl (C=O) groups is 1. The maximum atomic E-state index is 12.4. The first-order valence-corrected chi connectivity index (χ1v) is 8.67. The van der Waals surface area contributed by atoms with Crippen molar-refractivity contribution in [1.29, 1.82) is 0 Å². The summed E-state index contributed by atoms with van der Waals surface area (Å²) in [6.45, 7) is 0.624. The van der Waals surface area contributed by atoms with Crippen LogP contribution in [0.4, 0.5) is 0 Å². The summed E-state index contributed by atoms with van der Waals surface area (Å²) in [7, 11) is 1.64. The van der Waals surface area contributed by atoms with Crippen molar-refractivity contribution >= 4 is 28.4 Å². The minimum atomic E-state index is -0.228. The number of carbonyl (C=O) groups excluding carboxylic acids is 1. The Morgan fingerprint density at radius 1 is 1.09 bits per heavy atom. The first-order chi connectivity index (χ1) is 10.7. The van der Waals surface area contributed by atoms with Gasteiger partial charge < -0.3 is 9.47 Å². The Labute approximate surface area is 144 Å². The monoisotopic (exact) mass is 410 g/mol. The van der Waals surface area contributed by atoms with Crippen LogP contribution in [0.25, 0.3) is 0 Å². The number of alkyl halides is 1. The molecule has 3 nitrogen and oxygen atoms in total. The van der Waals surface area contributed by atoms with Crippen LogP contribution < -0.4 is 4.74 Å². The lowest BCUT2D eigenvalue weighted by Gasteiger charge is -2.17. The highest BCUT2D eigenvalue weighted by atomic mass is 127. The molecule has 22 heavy (non-hydrogen) atoms. The molecule has 0 saturated carbocycles. The highest BCUT2D eigenvalue weighted by molar-refractivity contribution is 14.1. The minimum Gasteiger partial charge on any atom is -0.497 e. The summed E-state index contributed by atoms with van der Waals surface area (Å²) in [5.41, 5.74) is 1.72. The van der Waals surface area contributed by atoms with E-state index in [2.05, 4.69) is 22.6 Å². The van der Waals surface area contributed by atoms with Gasteiger partial charge in [0.05, 0.1) is 19.8 Å². The third kappa shape index (κ3) is 4.81. The number of methoxy groups -OCH3 is 1. The molecule has 0 aliphatic rings. The third-order valence-corrected chi connectivity index (χ3v) is 3.79. The molecule has 0 aliphatic heterocycles. The van der Waals surface area contributed by atoms with Crippen LogP contribution in [0.5, 0.6) is 5.75 Å². The molecule has 0 fully saturated rings. The van der Waals surface area contributed by atoms with Crippen LogP contribution >= 0.6 is 22.6 Å². The van der Waals surface area contributed by atoms with Crippen molar-refractivity contribution in [3.63, 3.8) is 0 Å². The van der Waals surface area contributed by atoms with Gasteiger partial charge in [-0.05, 0) is 17.7 Å². The average molecular weight is 410 g/mol. The zero-order valence-electron chi connectivity index (χ0n) is 12.5. The van der Waals surface area contributed by atoms with Gasteiger partial charge >= 0.3 is 0 Å². The first kappa shape index (κ1) is 17.0. The fourth-order valence-electron chi connectivity index (χ4n) is 2.19. The molecule has 4 heteroatoms. The Bertz CT molecular complexity index is 581. The number of benzene rings is 2. The van der Waals surface area contributed by atoms with Crippen LogP contribution in [0.2, 0.25) is 0 Å². The number of rotatable bonds is 8. The van der Waals surface area contributed by atoms with Gasteiger partial charge in [-0.1, -0.05) is 65.1 Å². The summed E-state index contributed by atoms with van der Waals surface area (Å²) in [5, 5.41) is 0. The summed E-state index contributed by atoms with van der Waals surface area (Å²) < 4.78 is 11.9. The molecule has 0 heterocycles. The van der Waals surface area contributed by atoms with Gasteiger partial charge in [0.25, 0.3) is 0 Å². The lowest BCUT2D eigenvalue weighted by atomic mass is 10.00. The highest BCUT2D eigenvalue weighted by Crippen LogP contribution is 2.25. The molecule has 0 radical (unpaired) electrons. The van der Waals surface area contributed by atoms with Crippen LogP contribution in [-0.4, -0.2) is 23.9 Å². The van der Waals surface area contributed by atoms with Crippen LogP contribution in [0, 0.1) is 0 Å². The molecule has 0 spiro atoms. The number of hydrogen-bond donors (Lipinski definition) is 0. The van der Waals surface area contributed by atoms with Crippen LogP contribution in [0.1, 0.15) is 28.4 Å². The van der Waals surface area contributed by atoms with Gasteiger partial charge in [-0.3, -0.25) is 4.79 Å². The van der Waals surface area contributed by atoms with Gasteiger partial charge in [0.2, 0.25) is 0 Å². The summed E-state index contributed by atoms with van der Waals surface area (Å²) in [5.74, 6) is 0.889. The van der Waals surface area contributed by atoms with E-state index in [9.17, 15) is 4.79 Å². The molecule has 0 amide bonds. The van der Waals surface area contributed by atoms with Crippen molar-refractivity contribution in [2.24, 2.45) is 0 Å². The Morgan fingerprint density at radius 3 is 2.36 bits per heavy atom. The Kier molecular flexibility index (Phi) is 6.86. The van der Waals surface area contributed by atoms with E-state index < -0.39 is 0 Å². The summed E-state index contributed by atoms with van der Waals surface area (Å²) in [6, 6.07) is 17.0. The van der Waals surface area contributed by atoms with E-state index in [-0.39, 0.29) is 11.9 Å².